The molecule has 1 aromatic carbocycles. The third-order valence-corrected chi connectivity index (χ3v) is 3.44. The van der Waals surface area contributed by atoms with E-state index in [0.717, 1.165) is 6.07 Å². The molecule has 3 nitrogen and oxygen atoms in total. The van der Waals surface area contributed by atoms with Gasteiger partial charge in [-0.3, -0.25) is 9.05 Å². The quantitative estimate of drug-likeness (QED) is 0.622. The van der Waals surface area contributed by atoms with E-state index in [2.05, 4.69) is 11.6 Å². The van der Waals surface area contributed by atoms with Crippen LogP contribution >= 0.6 is 7.60 Å². The second-order valence-electron chi connectivity index (χ2n) is 3.19. The number of hydrogen-bond donors (Lipinski definition) is 0. The molecular formula is C12H13F2O3P. The Morgan fingerprint density at radius 1 is 1.22 bits per heavy atom. The van der Waals surface area contributed by atoms with Gasteiger partial charge in [0.15, 0.2) is 0 Å². The van der Waals surface area contributed by atoms with E-state index in [1.165, 1.54) is 6.07 Å². The molecule has 6 heteroatoms. The zero-order valence-corrected chi connectivity index (χ0v) is 11.0. The van der Waals surface area contributed by atoms with Gasteiger partial charge >= 0.3 is 7.60 Å². The van der Waals surface area contributed by atoms with Crippen LogP contribution in [0.15, 0.2) is 18.2 Å². The van der Waals surface area contributed by atoms with Crippen LogP contribution in [0.3, 0.4) is 0 Å². The number of halogens is 2. The molecule has 18 heavy (non-hydrogen) atoms. The molecule has 0 heterocycles. The molecule has 0 spiro atoms. The fraction of sp³-hybridized carbons (Fsp3) is 0.333. The van der Waals surface area contributed by atoms with Crippen molar-refractivity contribution in [3.63, 3.8) is 0 Å². The van der Waals surface area contributed by atoms with E-state index >= 15 is 0 Å². The Morgan fingerprint density at radius 2 is 1.83 bits per heavy atom. The van der Waals surface area contributed by atoms with E-state index in [-0.39, 0.29) is 18.8 Å². The lowest BCUT2D eigenvalue weighted by Gasteiger charge is -2.09. The topological polar surface area (TPSA) is 35.5 Å². The molecular weight excluding hydrogens is 261 g/mol. The molecule has 0 aliphatic rings. The Bertz CT molecular complexity index is 510. The van der Waals surface area contributed by atoms with Crippen molar-refractivity contribution in [2.24, 2.45) is 0 Å². The number of hydrogen-bond acceptors (Lipinski definition) is 3. The summed E-state index contributed by atoms with van der Waals surface area (Å²) in [6, 6.07) is 2.94. The fourth-order valence-corrected chi connectivity index (χ4v) is 2.30. The number of benzene rings is 1. The summed E-state index contributed by atoms with van der Waals surface area (Å²) in [6.07, 6.45) is 0. The van der Waals surface area contributed by atoms with Gasteiger partial charge in [-0.15, -0.1) is 0 Å². The Labute approximate surface area is 105 Å². The van der Waals surface area contributed by atoms with Gasteiger partial charge in [-0.05, 0) is 26.0 Å². The first-order valence-electron chi connectivity index (χ1n) is 5.38. The van der Waals surface area contributed by atoms with Gasteiger partial charge in [-0.1, -0.05) is 5.92 Å². The Kier molecular flexibility index (Phi) is 5.49. The van der Waals surface area contributed by atoms with Crippen LogP contribution in [0.1, 0.15) is 19.4 Å². The van der Waals surface area contributed by atoms with Crippen molar-refractivity contribution in [2.75, 3.05) is 13.2 Å². The predicted molar refractivity (Wildman–Crippen MR) is 64.1 cm³/mol. The van der Waals surface area contributed by atoms with Gasteiger partial charge in [0.1, 0.15) is 11.6 Å². The Morgan fingerprint density at radius 3 is 2.33 bits per heavy atom. The summed E-state index contributed by atoms with van der Waals surface area (Å²) in [5.41, 5.74) is 2.21. The molecule has 0 saturated carbocycles. The maximum Gasteiger partial charge on any atom is 0.405 e. The summed E-state index contributed by atoms with van der Waals surface area (Å²) in [4.78, 5) is 0. The monoisotopic (exact) mass is 274 g/mol. The highest BCUT2D eigenvalue weighted by Gasteiger charge is 2.19. The lowest BCUT2D eigenvalue weighted by molar-refractivity contribution is 0.230. The van der Waals surface area contributed by atoms with Crippen molar-refractivity contribution in [1.29, 1.82) is 0 Å². The van der Waals surface area contributed by atoms with Crippen molar-refractivity contribution in [2.45, 2.75) is 13.8 Å². The minimum absolute atomic E-state index is 0.0592. The second-order valence-corrected chi connectivity index (χ2v) is 4.93. The predicted octanol–water partition coefficient (Wildman–Crippen LogP) is 3.54. The lowest BCUT2D eigenvalue weighted by atomic mass is 10.2. The average molecular weight is 274 g/mol. The number of rotatable bonds is 4. The minimum atomic E-state index is -3.54. The molecule has 0 N–H and O–H groups in total. The summed E-state index contributed by atoms with van der Waals surface area (Å²) >= 11 is 0. The Hall–Kier alpha value is -1.21. The van der Waals surface area contributed by atoms with Gasteiger partial charge in [-0.2, -0.15) is 0 Å². The second kappa shape index (κ2) is 6.65. The van der Waals surface area contributed by atoms with E-state index in [4.69, 9.17) is 9.05 Å². The molecule has 0 fully saturated rings. The first kappa shape index (κ1) is 14.8. The molecule has 0 aliphatic carbocycles. The summed E-state index contributed by atoms with van der Waals surface area (Å²) in [5, 5.41) is 0. The van der Waals surface area contributed by atoms with Gasteiger partial charge in [0.25, 0.3) is 0 Å². The smallest absolute Gasteiger partial charge is 0.300 e. The van der Waals surface area contributed by atoms with Gasteiger partial charge in [-0.25, -0.2) is 13.3 Å². The molecule has 0 amide bonds. The summed E-state index contributed by atoms with van der Waals surface area (Å²) in [6.45, 7) is 3.62. The van der Waals surface area contributed by atoms with Crippen molar-refractivity contribution in [3.8, 4) is 11.6 Å². The van der Waals surface area contributed by atoms with Gasteiger partial charge in [0.05, 0.1) is 18.8 Å². The highest BCUT2D eigenvalue weighted by molar-refractivity contribution is 7.59. The summed E-state index contributed by atoms with van der Waals surface area (Å²) in [5.74, 6) is 0.830. The largest absolute Gasteiger partial charge is 0.405 e. The molecule has 1 rings (SSSR count). The van der Waals surface area contributed by atoms with Crippen LogP contribution in [0.25, 0.3) is 0 Å². The van der Waals surface area contributed by atoms with Crippen LogP contribution in [-0.2, 0) is 13.6 Å². The molecule has 0 radical (unpaired) electrons. The van der Waals surface area contributed by atoms with Gasteiger partial charge in [0, 0.05) is 11.7 Å². The molecule has 0 bridgehead atoms. The maximum absolute atomic E-state index is 13.3. The third kappa shape index (κ3) is 4.23. The molecule has 0 atom stereocenters. The van der Waals surface area contributed by atoms with Crippen molar-refractivity contribution >= 4 is 7.60 Å². The van der Waals surface area contributed by atoms with E-state index in [9.17, 15) is 13.3 Å². The SMILES string of the molecule is CCOP(=O)(C#Cc1ccc(F)cc1F)OCC. The summed E-state index contributed by atoms with van der Waals surface area (Å²) < 4.78 is 47.7. The molecule has 0 aliphatic heterocycles. The van der Waals surface area contributed by atoms with E-state index in [0.29, 0.717) is 6.07 Å². The zero-order chi connectivity index (χ0) is 13.6. The van der Waals surface area contributed by atoms with Crippen molar-refractivity contribution in [1.82, 2.24) is 0 Å². The van der Waals surface area contributed by atoms with E-state index in [1.54, 1.807) is 13.8 Å². The van der Waals surface area contributed by atoms with Crippen LogP contribution in [0, 0.1) is 23.2 Å². The van der Waals surface area contributed by atoms with Crippen LogP contribution in [0.2, 0.25) is 0 Å². The lowest BCUT2D eigenvalue weighted by Crippen LogP contribution is -1.93. The van der Waals surface area contributed by atoms with Crippen molar-refractivity contribution < 1.29 is 22.4 Å². The van der Waals surface area contributed by atoms with Crippen LogP contribution in [0.5, 0.6) is 0 Å². The highest BCUT2D eigenvalue weighted by Crippen LogP contribution is 2.46. The normalized spacial score (nSPS) is 10.9. The standard InChI is InChI=1S/C12H13F2O3P/c1-3-16-18(15,17-4-2)8-7-10-5-6-11(13)9-12(10)14/h5-6,9H,3-4H2,1-2H3. The first-order chi connectivity index (χ1) is 8.50. The highest BCUT2D eigenvalue weighted by atomic mass is 31.2. The molecule has 0 unspecified atom stereocenters. The zero-order valence-electron chi connectivity index (χ0n) is 10.1. The van der Waals surface area contributed by atoms with Crippen LogP contribution in [-0.4, -0.2) is 13.2 Å². The minimum Gasteiger partial charge on any atom is -0.300 e. The molecule has 98 valence electrons. The van der Waals surface area contributed by atoms with Crippen molar-refractivity contribution in [3.05, 3.63) is 35.4 Å². The van der Waals surface area contributed by atoms with Crippen LogP contribution in [0.4, 0.5) is 8.78 Å². The molecule has 0 saturated heterocycles. The maximum atomic E-state index is 13.3. The first-order valence-corrected chi connectivity index (χ1v) is 6.92. The van der Waals surface area contributed by atoms with E-state index < -0.39 is 19.2 Å². The third-order valence-electron chi connectivity index (χ3n) is 1.86. The average Bonchev–Trinajstić information content (AvgIpc) is 2.28. The fourth-order valence-electron chi connectivity index (χ4n) is 1.16. The van der Waals surface area contributed by atoms with E-state index in [1.807, 2.05) is 0 Å². The molecule has 0 aromatic heterocycles. The van der Waals surface area contributed by atoms with Gasteiger partial charge < -0.3 is 0 Å². The summed E-state index contributed by atoms with van der Waals surface area (Å²) in [7, 11) is -3.54. The Balaban J connectivity index is 3.00. The van der Waals surface area contributed by atoms with Crippen LogP contribution < -0.4 is 0 Å². The molecule has 1 aromatic rings. The van der Waals surface area contributed by atoms with Gasteiger partial charge in [0.2, 0.25) is 0 Å².